The van der Waals surface area contributed by atoms with Crippen molar-refractivity contribution in [2.45, 2.75) is 0 Å². The van der Waals surface area contributed by atoms with Crippen molar-refractivity contribution in [1.29, 1.82) is 0 Å². The molecule has 0 bridgehead atoms. The fourth-order valence-electron chi connectivity index (χ4n) is 5.23. The lowest BCUT2D eigenvalue weighted by Crippen LogP contribution is -1.92. The summed E-state index contributed by atoms with van der Waals surface area (Å²) in [7, 11) is 0. The van der Waals surface area contributed by atoms with Crippen LogP contribution in [0, 0.1) is 0 Å². The standard InChI is InChI=1S/C40H24O/c1-2-13-27-24-37-35(23-26(27)12-1)40-34(21-10-22-36(40)41-37)39-32-18-7-5-16-30(32)38(31-17-6-8-19-33(31)39)29-20-9-14-25-11-3-4-15-28(25)29/h1-24H/i1D,2D,3D,4D,5D,6D,7D,8D,9D,10D,11D,12D,13D,14D,15D,16D,17D,18D,19D,20D,21D,22D,23D,24D. The highest BCUT2D eigenvalue weighted by atomic mass is 16.3. The van der Waals surface area contributed by atoms with Gasteiger partial charge in [0.25, 0.3) is 0 Å². The van der Waals surface area contributed by atoms with Gasteiger partial charge in [0.1, 0.15) is 11.2 Å². The van der Waals surface area contributed by atoms with Gasteiger partial charge in [-0.15, -0.1) is 0 Å². The summed E-state index contributed by atoms with van der Waals surface area (Å²) < 4.78 is 220. The first kappa shape index (κ1) is 9.33. The maximum absolute atomic E-state index is 9.47. The Morgan fingerprint density at radius 3 is 1.54 bits per heavy atom. The molecule has 0 radical (unpaired) electrons. The van der Waals surface area contributed by atoms with Gasteiger partial charge in [0, 0.05) is 10.8 Å². The number of fused-ring (bicyclic) bond motifs is 7. The molecule has 0 aliphatic rings. The molecule has 0 spiro atoms. The molecule has 0 fully saturated rings. The fraction of sp³-hybridized carbons (Fsp3) is 0. The lowest BCUT2D eigenvalue weighted by molar-refractivity contribution is 0.669. The van der Waals surface area contributed by atoms with Crippen molar-refractivity contribution < 1.29 is 37.3 Å². The monoisotopic (exact) mass is 544 g/mol. The second kappa shape index (κ2) is 8.55. The first-order chi connectivity index (χ1) is 30.3. The number of furan rings is 1. The van der Waals surface area contributed by atoms with Crippen molar-refractivity contribution in [3.8, 4) is 22.3 Å². The smallest absolute Gasteiger partial charge is 0.136 e. The zero-order valence-electron chi connectivity index (χ0n) is 44.4. The molecule has 0 atom stereocenters. The number of benzene rings is 8. The molecule has 1 heteroatoms. The minimum Gasteiger partial charge on any atom is -0.456 e. The van der Waals surface area contributed by atoms with Gasteiger partial charge in [-0.3, -0.25) is 0 Å². The summed E-state index contributed by atoms with van der Waals surface area (Å²) >= 11 is 0. The van der Waals surface area contributed by atoms with Gasteiger partial charge in [-0.25, -0.2) is 0 Å². The minimum absolute atomic E-state index is 0.454. The molecule has 8 aromatic carbocycles. The molecule has 9 rings (SSSR count). The molecule has 1 nitrogen and oxygen atoms in total. The van der Waals surface area contributed by atoms with Gasteiger partial charge in [0.15, 0.2) is 0 Å². The number of hydrogen-bond donors (Lipinski definition) is 0. The summed E-state index contributed by atoms with van der Waals surface area (Å²) in [5.74, 6) is 0. The minimum atomic E-state index is -0.949. The van der Waals surface area contributed by atoms with Crippen LogP contribution in [0.15, 0.2) is 149 Å². The van der Waals surface area contributed by atoms with E-state index in [1.807, 2.05) is 0 Å². The molecule has 190 valence electrons. The quantitative estimate of drug-likeness (QED) is 0.197. The molecule has 1 heterocycles. The Balaban J connectivity index is 1.70. The topological polar surface area (TPSA) is 13.1 Å². The summed E-state index contributed by atoms with van der Waals surface area (Å²) in [6, 6.07) is -20.7. The largest absolute Gasteiger partial charge is 0.456 e. The predicted molar refractivity (Wildman–Crippen MR) is 175 cm³/mol. The Bertz CT molecular complexity index is 3730. The van der Waals surface area contributed by atoms with E-state index in [2.05, 4.69) is 0 Å². The van der Waals surface area contributed by atoms with Gasteiger partial charge in [-0.05, 0) is 83.5 Å². The Morgan fingerprint density at radius 2 is 0.854 bits per heavy atom. The van der Waals surface area contributed by atoms with Crippen molar-refractivity contribution in [3.05, 3.63) is 145 Å². The maximum atomic E-state index is 9.47. The Morgan fingerprint density at radius 1 is 0.366 bits per heavy atom. The number of rotatable bonds is 2. The van der Waals surface area contributed by atoms with Crippen LogP contribution in [0.3, 0.4) is 0 Å². The fourth-order valence-corrected chi connectivity index (χ4v) is 5.23. The maximum Gasteiger partial charge on any atom is 0.136 e. The van der Waals surface area contributed by atoms with E-state index in [1.165, 1.54) is 0 Å². The van der Waals surface area contributed by atoms with Crippen LogP contribution in [0.1, 0.15) is 32.9 Å². The first-order valence-corrected chi connectivity index (χ1v) is 12.2. The van der Waals surface area contributed by atoms with Crippen LogP contribution < -0.4 is 0 Å². The van der Waals surface area contributed by atoms with Crippen LogP contribution in [0.2, 0.25) is 0 Å². The molecule has 0 unspecified atom stereocenters. The molecule has 0 saturated carbocycles. The van der Waals surface area contributed by atoms with Crippen molar-refractivity contribution >= 4 is 65.0 Å². The van der Waals surface area contributed by atoms with Crippen LogP contribution in [-0.4, -0.2) is 0 Å². The average molecular weight is 545 g/mol. The molecule has 41 heavy (non-hydrogen) atoms. The van der Waals surface area contributed by atoms with Crippen LogP contribution >= 0.6 is 0 Å². The van der Waals surface area contributed by atoms with Gasteiger partial charge in [0.05, 0.1) is 32.9 Å². The first-order valence-electron chi connectivity index (χ1n) is 24.2. The van der Waals surface area contributed by atoms with Crippen molar-refractivity contribution in [2.75, 3.05) is 0 Å². The van der Waals surface area contributed by atoms with Crippen LogP contribution in [0.25, 0.3) is 87.3 Å². The highest BCUT2D eigenvalue weighted by Crippen LogP contribution is 2.48. The van der Waals surface area contributed by atoms with E-state index in [0.29, 0.717) is 0 Å². The lowest BCUT2D eigenvalue weighted by atomic mass is 9.84. The molecule has 0 N–H and O–H groups in total. The van der Waals surface area contributed by atoms with Gasteiger partial charge >= 0.3 is 0 Å². The van der Waals surface area contributed by atoms with E-state index in [4.69, 9.17) is 27.7 Å². The summed E-state index contributed by atoms with van der Waals surface area (Å²) in [6.07, 6.45) is 0. The molecule has 9 aromatic rings. The predicted octanol–water partition coefficient (Wildman–Crippen LogP) is 11.5. The second-order valence-electron chi connectivity index (χ2n) is 9.01. The van der Waals surface area contributed by atoms with E-state index < -0.39 is 232 Å². The molecule has 1 aromatic heterocycles. The van der Waals surface area contributed by atoms with E-state index in [-0.39, 0.29) is 0 Å². The Kier molecular flexibility index (Phi) is 1.94. The summed E-state index contributed by atoms with van der Waals surface area (Å²) in [4.78, 5) is 0. The third kappa shape index (κ3) is 3.24. The summed E-state index contributed by atoms with van der Waals surface area (Å²) in [5.41, 5.74) is -3.77. The highest BCUT2D eigenvalue weighted by Gasteiger charge is 2.21. The van der Waals surface area contributed by atoms with E-state index >= 15 is 0 Å². The number of hydrogen-bond acceptors (Lipinski definition) is 1. The average Bonchev–Trinajstić information content (AvgIpc) is 3.68. The van der Waals surface area contributed by atoms with Crippen molar-refractivity contribution in [3.63, 3.8) is 0 Å². The molecule has 0 amide bonds. The second-order valence-corrected chi connectivity index (χ2v) is 9.01. The Labute approximate surface area is 270 Å². The SMILES string of the molecule is [2H]c1c([2H])c(-c2c3c([2H])c([2H])c([2H])c([2H])c3c(-c3c([2H])c([2H])c([2H])c4c([2H])c([2H])c([2H])c([2H])c34)c3c([2H])c([2H])c([2H])c([2H])c23)c2c(oc3c([2H])c4c([2H])c([2H])c([2H])c([2H])c4c([2H])c32)c1[2H]. The van der Waals surface area contributed by atoms with Crippen LogP contribution in [0.4, 0.5) is 0 Å². The van der Waals surface area contributed by atoms with Gasteiger partial charge in [-0.2, -0.15) is 0 Å². The van der Waals surface area contributed by atoms with Crippen molar-refractivity contribution in [2.24, 2.45) is 0 Å². The van der Waals surface area contributed by atoms with E-state index in [9.17, 15) is 9.60 Å². The summed E-state index contributed by atoms with van der Waals surface area (Å²) in [6.45, 7) is 0. The molecular weight excluding hydrogens is 496 g/mol. The van der Waals surface area contributed by atoms with Crippen LogP contribution in [0.5, 0.6) is 0 Å². The third-order valence-electron chi connectivity index (χ3n) is 6.89. The van der Waals surface area contributed by atoms with Crippen molar-refractivity contribution in [1.82, 2.24) is 0 Å². The van der Waals surface area contributed by atoms with Gasteiger partial charge in [-0.1, -0.05) is 127 Å². The van der Waals surface area contributed by atoms with E-state index in [0.717, 1.165) is 0 Å². The zero-order chi connectivity index (χ0) is 47.8. The molecule has 0 aliphatic heterocycles. The summed E-state index contributed by atoms with van der Waals surface area (Å²) in [5, 5.41) is -5.77. The normalized spacial score (nSPS) is 20.1. The molecule has 0 aliphatic carbocycles. The Hall–Kier alpha value is -5.40. The van der Waals surface area contributed by atoms with Gasteiger partial charge in [0.2, 0.25) is 0 Å². The highest BCUT2D eigenvalue weighted by molar-refractivity contribution is 6.27. The van der Waals surface area contributed by atoms with Crippen LogP contribution in [-0.2, 0) is 0 Å². The molecule has 0 saturated heterocycles. The molecular formula is C40H24O. The zero-order valence-corrected chi connectivity index (χ0v) is 20.4. The lowest BCUT2D eigenvalue weighted by Gasteiger charge is -2.19. The van der Waals surface area contributed by atoms with Gasteiger partial charge < -0.3 is 4.42 Å². The third-order valence-corrected chi connectivity index (χ3v) is 6.89. The van der Waals surface area contributed by atoms with E-state index in [1.54, 1.807) is 0 Å².